The number of esters is 1. The minimum absolute atomic E-state index is 0.0259. The highest BCUT2D eigenvalue weighted by molar-refractivity contribution is 5.91. The lowest BCUT2D eigenvalue weighted by molar-refractivity contribution is -0.263. The Labute approximate surface area is 211 Å². The smallest absolute Gasteiger partial charge is 0.312 e. The molecule has 0 aromatic carbocycles. The minimum atomic E-state index is -0.866. The maximum atomic E-state index is 13.4. The van der Waals surface area contributed by atoms with Gasteiger partial charge in [-0.3, -0.25) is 14.4 Å². The van der Waals surface area contributed by atoms with Crippen molar-refractivity contribution in [1.29, 1.82) is 0 Å². The predicted molar refractivity (Wildman–Crippen MR) is 133 cm³/mol. The normalized spacial score (nSPS) is 55.8. The first-order valence-electron chi connectivity index (χ1n) is 14.1. The number of aliphatic hydroxyl groups is 1. The predicted octanol–water partition coefficient (Wildman–Crippen LogP) is 5.37. The molecule has 0 aromatic rings. The molecule has 0 amide bonds. The maximum absolute atomic E-state index is 13.4. The molecule has 5 fully saturated rings. The van der Waals surface area contributed by atoms with Crippen LogP contribution in [-0.4, -0.2) is 35.9 Å². The summed E-state index contributed by atoms with van der Waals surface area (Å²) in [5, 5.41) is 11.2. The van der Waals surface area contributed by atoms with Gasteiger partial charge in [0.1, 0.15) is 11.9 Å². The van der Waals surface area contributed by atoms with E-state index in [1.807, 2.05) is 13.8 Å². The van der Waals surface area contributed by atoms with Crippen molar-refractivity contribution in [1.82, 2.24) is 0 Å². The van der Waals surface area contributed by atoms with Gasteiger partial charge in [-0.05, 0) is 85.4 Å². The molecule has 0 aromatic heterocycles. The Balaban J connectivity index is 1.58. The summed E-state index contributed by atoms with van der Waals surface area (Å²) in [6.07, 6.45) is 6.95. The molecule has 5 rings (SSSR count). The van der Waals surface area contributed by atoms with E-state index in [1.165, 1.54) is 7.11 Å². The van der Waals surface area contributed by atoms with Crippen molar-refractivity contribution >= 4 is 17.5 Å². The fourth-order valence-corrected chi connectivity index (χ4v) is 11.2. The van der Waals surface area contributed by atoms with E-state index < -0.39 is 11.5 Å². The first-order valence-corrected chi connectivity index (χ1v) is 14.1. The topological polar surface area (TPSA) is 80.7 Å². The summed E-state index contributed by atoms with van der Waals surface area (Å²) >= 11 is 0. The number of hydrogen-bond acceptors (Lipinski definition) is 5. The number of fused-ring (bicyclic) bond motifs is 7. The van der Waals surface area contributed by atoms with Gasteiger partial charge in [0.15, 0.2) is 5.78 Å². The molecule has 0 spiro atoms. The molecule has 5 nitrogen and oxygen atoms in total. The lowest BCUT2D eigenvalue weighted by Crippen LogP contribution is -2.70. The van der Waals surface area contributed by atoms with Gasteiger partial charge in [-0.15, -0.1) is 0 Å². The molecule has 5 heteroatoms. The molecule has 11 unspecified atom stereocenters. The number of hydrogen-bond donors (Lipinski definition) is 1. The first-order chi connectivity index (χ1) is 16.2. The zero-order chi connectivity index (χ0) is 25.8. The molecule has 5 aliphatic rings. The van der Waals surface area contributed by atoms with Crippen LogP contribution in [0.1, 0.15) is 99.3 Å². The fraction of sp³-hybridized carbons (Fsp3) is 0.900. The molecular weight excluding hydrogens is 440 g/mol. The Kier molecular flexibility index (Phi) is 5.55. The number of ketones is 2. The van der Waals surface area contributed by atoms with Crippen LogP contribution in [0.4, 0.5) is 0 Å². The summed E-state index contributed by atoms with van der Waals surface area (Å²) in [5.41, 5.74) is -0.997. The molecule has 196 valence electrons. The van der Waals surface area contributed by atoms with Crippen LogP contribution in [0.2, 0.25) is 0 Å². The summed E-state index contributed by atoms with van der Waals surface area (Å²) in [6, 6.07) is 0. The SMILES string of the molecule is COC(=O)C12CCC3C(C)(CCC4(C)C5CC(C)C(=O)C(O)C5(C)CCC34C)C1CCC(=O)C2C. The third-order valence-electron chi connectivity index (χ3n) is 13.5. The van der Waals surface area contributed by atoms with Gasteiger partial charge in [0.25, 0.3) is 0 Å². The van der Waals surface area contributed by atoms with E-state index in [2.05, 4.69) is 27.7 Å². The number of carbonyl (C=O) groups excluding carboxylic acids is 3. The molecule has 0 saturated heterocycles. The minimum Gasteiger partial charge on any atom is -0.469 e. The molecule has 35 heavy (non-hydrogen) atoms. The maximum Gasteiger partial charge on any atom is 0.312 e. The van der Waals surface area contributed by atoms with E-state index in [0.29, 0.717) is 18.3 Å². The molecule has 0 radical (unpaired) electrons. The Morgan fingerprint density at radius 3 is 2.09 bits per heavy atom. The van der Waals surface area contributed by atoms with Gasteiger partial charge < -0.3 is 9.84 Å². The van der Waals surface area contributed by atoms with E-state index in [-0.39, 0.29) is 56.9 Å². The molecule has 0 aliphatic heterocycles. The van der Waals surface area contributed by atoms with Gasteiger partial charge in [-0.25, -0.2) is 0 Å². The van der Waals surface area contributed by atoms with Crippen LogP contribution in [0.5, 0.6) is 0 Å². The average molecular weight is 487 g/mol. The summed E-state index contributed by atoms with van der Waals surface area (Å²) < 4.78 is 5.41. The van der Waals surface area contributed by atoms with Crippen LogP contribution in [0, 0.1) is 56.7 Å². The second kappa shape index (κ2) is 7.65. The molecule has 1 N–H and O–H groups in total. The van der Waals surface area contributed by atoms with Crippen LogP contribution in [0.25, 0.3) is 0 Å². The Bertz CT molecular complexity index is 958. The third-order valence-corrected chi connectivity index (χ3v) is 13.5. The zero-order valence-corrected chi connectivity index (χ0v) is 22.9. The third kappa shape index (κ3) is 2.83. The molecule has 11 atom stereocenters. The van der Waals surface area contributed by atoms with Crippen molar-refractivity contribution in [3.63, 3.8) is 0 Å². The summed E-state index contributed by atoms with van der Waals surface area (Å²) in [4.78, 5) is 39.2. The monoisotopic (exact) mass is 486 g/mol. The number of rotatable bonds is 1. The van der Waals surface area contributed by atoms with Crippen LogP contribution in [0.15, 0.2) is 0 Å². The van der Waals surface area contributed by atoms with E-state index in [0.717, 1.165) is 51.4 Å². The summed E-state index contributed by atoms with van der Waals surface area (Å²) in [6.45, 7) is 13.5. The Morgan fingerprint density at radius 2 is 1.46 bits per heavy atom. The second-order valence-corrected chi connectivity index (χ2v) is 14.2. The number of carbonyl (C=O) groups is 3. The van der Waals surface area contributed by atoms with Crippen molar-refractivity contribution in [3.8, 4) is 0 Å². The fourth-order valence-electron chi connectivity index (χ4n) is 11.2. The van der Waals surface area contributed by atoms with Gasteiger partial charge in [0.05, 0.1) is 12.5 Å². The average Bonchev–Trinajstić information content (AvgIpc) is 2.83. The van der Waals surface area contributed by atoms with E-state index in [9.17, 15) is 19.5 Å². The van der Waals surface area contributed by atoms with Gasteiger partial charge >= 0.3 is 5.97 Å². The zero-order valence-electron chi connectivity index (χ0n) is 22.9. The summed E-state index contributed by atoms with van der Waals surface area (Å²) in [7, 11) is 1.48. The number of aliphatic hydroxyl groups excluding tert-OH is 1. The van der Waals surface area contributed by atoms with Gasteiger partial charge in [-0.2, -0.15) is 0 Å². The van der Waals surface area contributed by atoms with Crippen molar-refractivity contribution < 1.29 is 24.2 Å². The van der Waals surface area contributed by atoms with Crippen molar-refractivity contribution in [3.05, 3.63) is 0 Å². The number of ether oxygens (including phenoxy) is 1. The largest absolute Gasteiger partial charge is 0.469 e. The molecular formula is C30H46O5. The van der Waals surface area contributed by atoms with Crippen molar-refractivity contribution in [2.24, 2.45) is 56.7 Å². The second-order valence-electron chi connectivity index (χ2n) is 14.2. The van der Waals surface area contributed by atoms with Crippen molar-refractivity contribution in [2.75, 3.05) is 7.11 Å². The quantitative estimate of drug-likeness (QED) is 0.504. The standard InChI is InChI=1S/C30H46O5/c1-17-16-22-27(4,24(33)23(17)32)13-15-28(5)20-10-11-30(25(34)35-7)18(2)19(31)8-9-21(30)26(20,3)12-14-29(22,28)6/h17-18,20-22,24,33H,8-16H2,1-7H3. The van der Waals surface area contributed by atoms with E-state index in [4.69, 9.17) is 4.74 Å². The highest BCUT2D eigenvalue weighted by Gasteiger charge is 2.73. The van der Waals surface area contributed by atoms with Crippen LogP contribution < -0.4 is 0 Å². The van der Waals surface area contributed by atoms with Gasteiger partial charge in [0, 0.05) is 23.7 Å². The van der Waals surface area contributed by atoms with Crippen LogP contribution in [0.3, 0.4) is 0 Å². The lowest BCUT2D eigenvalue weighted by atomic mass is 9.30. The number of Topliss-reactive ketones (excluding diaryl/α,β-unsaturated/α-hetero) is 2. The highest BCUT2D eigenvalue weighted by Crippen LogP contribution is 2.77. The van der Waals surface area contributed by atoms with E-state index >= 15 is 0 Å². The van der Waals surface area contributed by atoms with Crippen LogP contribution >= 0.6 is 0 Å². The molecule has 0 heterocycles. The molecule has 5 saturated carbocycles. The molecule has 5 aliphatic carbocycles. The van der Waals surface area contributed by atoms with Crippen molar-refractivity contribution in [2.45, 2.75) is 105 Å². The highest BCUT2D eigenvalue weighted by atomic mass is 16.5. The van der Waals surface area contributed by atoms with Crippen LogP contribution in [-0.2, 0) is 19.1 Å². The Morgan fingerprint density at radius 1 is 0.857 bits per heavy atom. The van der Waals surface area contributed by atoms with Gasteiger partial charge in [-0.1, -0.05) is 41.5 Å². The first kappa shape index (κ1) is 25.4. The van der Waals surface area contributed by atoms with Gasteiger partial charge in [0.2, 0.25) is 0 Å². The number of methoxy groups -OCH3 is 1. The molecule has 0 bridgehead atoms. The Hall–Kier alpha value is -1.23. The summed E-state index contributed by atoms with van der Waals surface area (Å²) in [5.74, 6) is 0.580. The lowest BCUT2D eigenvalue weighted by Gasteiger charge is -2.74. The van der Waals surface area contributed by atoms with E-state index in [1.54, 1.807) is 0 Å².